The van der Waals surface area contributed by atoms with E-state index in [0.29, 0.717) is 11.0 Å². The third-order valence-corrected chi connectivity index (χ3v) is 4.15. The lowest BCUT2D eigenvalue weighted by molar-refractivity contribution is 0.587. The van der Waals surface area contributed by atoms with Crippen LogP contribution in [0.3, 0.4) is 0 Å². The molecule has 1 aromatic rings. The number of hydrogen-bond acceptors (Lipinski definition) is 1. The van der Waals surface area contributed by atoms with Crippen molar-refractivity contribution in [3.63, 3.8) is 0 Å². The lowest BCUT2D eigenvalue weighted by atomic mass is 9.87. The molecule has 1 heterocycles. The fraction of sp³-hybridized carbons (Fsp3) is 0.462. The Bertz CT molecular complexity index is 494. The Morgan fingerprint density at radius 2 is 2.06 bits per heavy atom. The van der Waals surface area contributed by atoms with Gasteiger partial charge in [-0.3, -0.25) is 5.41 Å². The van der Waals surface area contributed by atoms with E-state index in [-0.39, 0.29) is 5.41 Å². The van der Waals surface area contributed by atoms with E-state index in [2.05, 4.69) is 42.0 Å². The molecular weight excluding hydrogens is 314 g/mol. The topological polar surface area (TPSA) is 39.1 Å². The number of hydrogen-bond donors (Lipinski definition) is 2. The van der Waals surface area contributed by atoms with Crippen molar-refractivity contribution in [1.29, 1.82) is 5.41 Å². The summed E-state index contributed by atoms with van der Waals surface area (Å²) in [4.78, 5) is 1.90. The van der Waals surface area contributed by atoms with Crippen LogP contribution in [0.25, 0.3) is 0 Å². The molecule has 1 saturated heterocycles. The van der Waals surface area contributed by atoms with Gasteiger partial charge in [0.2, 0.25) is 0 Å². The van der Waals surface area contributed by atoms with E-state index in [0.717, 1.165) is 23.2 Å². The van der Waals surface area contributed by atoms with Crippen LogP contribution in [0, 0.1) is 5.41 Å². The van der Waals surface area contributed by atoms with Gasteiger partial charge in [-0.2, -0.15) is 0 Å². The highest BCUT2D eigenvalue weighted by Gasteiger charge is 2.27. The lowest BCUT2D eigenvalue weighted by Gasteiger charge is -2.26. The highest BCUT2D eigenvalue weighted by Crippen LogP contribution is 2.41. The highest BCUT2D eigenvalue weighted by molar-refractivity contribution is 9.10. The van der Waals surface area contributed by atoms with Crippen LogP contribution < -0.4 is 10.2 Å². The first-order valence-electron chi connectivity index (χ1n) is 5.91. The average Bonchev–Trinajstić information content (AvgIpc) is 2.63. The van der Waals surface area contributed by atoms with Gasteiger partial charge in [0.1, 0.15) is 0 Å². The predicted molar refractivity (Wildman–Crippen MR) is 80.9 cm³/mol. The summed E-state index contributed by atoms with van der Waals surface area (Å²) < 4.78 is 0.982. The summed E-state index contributed by atoms with van der Waals surface area (Å²) in [5, 5.41) is 11.6. The number of halogens is 2. The fourth-order valence-corrected chi connectivity index (χ4v) is 3.61. The van der Waals surface area contributed by atoms with Gasteiger partial charge in [0.25, 0.3) is 0 Å². The first-order valence-corrected chi connectivity index (χ1v) is 7.08. The maximum absolute atomic E-state index is 7.90. The Kier molecular flexibility index (Phi) is 3.60. The molecule has 0 aliphatic carbocycles. The number of rotatable bonds is 1. The monoisotopic (exact) mass is 329 g/mol. The highest BCUT2D eigenvalue weighted by atomic mass is 79.9. The van der Waals surface area contributed by atoms with Gasteiger partial charge in [-0.1, -0.05) is 38.4 Å². The number of guanidine groups is 1. The minimum absolute atomic E-state index is 0.0352. The molecule has 18 heavy (non-hydrogen) atoms. The van der Waals surface area contributed by atoms with Gasteiger partial charge in [0.15, 0.2) is 5.96 Å². The molecule has 2 rings (SSSR count). The number of benzene rings is 1. The largest absolute Gasteiger partial charge is 0.354 e. The first-order chi connectivity index (χ1) is 8.32. The molecule has 2 N–H and O–H groups in total. The van der Waals surface area contributed by atoms with Gasteiger partial charge >= 0.3 is 0 Å². The molecule has 0 spiro atoms. The van der Waals surface area contributed by atoms with Crippen LogP contribution in [-0.4, -0.2) is 19.0 Å². The van der Waals surface area contributed by atoms with Gasteiger partial charge in [0, 0.05) is 17.6 Å². The van der Waals surface area contributed by atoms with E-state index in [9.17, 15) is 0 Å². The zero-order valence-electron chi connectivity index (χ0n) is 10.8. The van der Waals surface area contributed by atoms with Crippen molar-refractivity contribution in [2.45, 2.75) is 26.2 Å². The quantitative estimate of drug-likeness (QED) is 0.823. The van der Waals surface area contributed by atoms with Crippen molar-refractivity contribution >= 4 is 39.2 Å². The van der Waals surface area contributed by atoms with Crippen LogP contribution in [0.5, 0.6) is 0 Å². The molecule has 0 radical (unpaired) electrons. The Labute approximate surface area is 121 Å². The summed E-state index contributed by atoms with van der Waals surface area (Å²) in [6.45, 7) is 8.04. The third-order valence-electron chi connectivity index (χ3n) is 3.04. The molecule has 0 aromatic heterocycles. The predicted octanol–water partition coefficient (Wildman–Crippen LogP) is 3.74. The number of nitrogens with one attached hydrogen (secondary N) is 2. The van der Waals surface area contributed by atoms with Crippen molar-refractivity contribution in [2.75, 3.05) is 18.0 Å². The molecule has 3 nitrogen and oxygen atoms in total. The van der Waals surface area contributed by atoms with Gasteiger partial charge in [0.05, 0.1) is 10.7 Å². The molecule has 0 atom stereocenters. The fourth-order valence-electron chi connectivity index (χ4n) is 2.08. The van der Waals surface area contributed by atoms with Crippen LogP contribution in [0.1, 0.15) is 26.3 Å². The number of nitrogens with zero attached hydrogens (tertiary/aromatic N) is 1. The minimum atomic E-state index is 0.0352. The Balaban J connectivity index is 2.56. The SMILES string of the molecule is CC(C)(C)c1ccc(Cl)c(N2CCNC2=N)c1Br. The van der Waals surface area contributed by atoms with Crippen LogP contribution in [-0.2, 0) is 5.41 Å². The second-order valence-corrected chi connectivity index (χ2v) is 6.63. The summed E-state index contributed by atoms with van der Waals surface area (Å²) in [6.07, 6.45) is 0. The van der Waals surface area contributed by atoms with Crippen molar-refractivity contribution in [2.24, 2.45) is 0 Å². The van der Waals surface area contributed by atoms with E-state index in [1.807, 2.05) is 17.0 Å². The zero-order chi connectivity index (χ0) is 13.5. The molecule has 5 heteroatoms. The lowest BCUT2D eigenvalue weighted by Crippen LogP contribution is -2.29. The minimum Gasteiger partial charge on any atom is -0.354 e. The van der Waals surface area contributed by atoms with Crippen LogP contribution in [0.15, 0.2) is 16.6 Å². The van der Waals surface area contributed by atoms with Crippen LogP contribution in [0.2, 0.25) is 5.02 Å². The van der Waals surface area contributed by atoms with Gasteiger partial charge in [-0.25, -0.2) is 0 Å². The molecule has 0 saturated carbocycles. The molecular formula is C13H17BrClN3. The Hall–Kier alpha value is -0.740. The zero-order valence-corrected chi connectivity index (χ0v) is 13.1. The normalized spacial score (nSPS) is 16.1. The van der Waals surface area contributed by atoms with Crippen molar-refractivity contribution in [3.05, 3.63) is 27.2 Å². The molecule has 0 amide bonds. The maximum atomic E-state index is 7.90. The molecule has 1 aliphatic heterocycles. The van der Waals surface area contributed by atoms with Crippen molar-refractivity contribution in [3.8, 4) is 0 Å². The second-order valence-electron chi connectivity index (χ2n) is 5.43. The summed E-state index contributed by atoms with van der Waals surface area (Å²) in [5.41, 5.74) is 2.12. The average molecular weight is 331 g/mol. The first kappa shape index (κ1) is 13.7. The second kappa shape index (κ2) is 4.74. The van der Waals surface area contributed by atoms with E-state index in [4.69, 9.17) is 17.0 Å². The van der Waals surface area contributed by atoms with Gasteiger partial charge in [-0.15, -0.1) is 0 Å². The summed E-state index contributed by atoms with van der Waals surface area (Å²) >= 11 is 9.96. The van der Waals surface area contributed by atoms with E-state index in [1.54, 1.807) is 0 Å². The van der Waals surface area contributed by atoms with Crippen molar-refractivity contribution in [1.82, 2.24) is 5.32 Å². The molecule has 98 valence electrons. The van der Waals surface area contributed by atoms with Crippen LogP contribution >= 0.6 is 27.5 Å². The Morgan fingerprint density at radius 3 is 2.56 bits per heavy atom. The van der Waals surface area contributed by atoms with Gasteiger partial charge in [-0.05, 0) is 33.0 Å². The van der Waals surface area contributed by atoms with E-state index < -0.39 is 0 Å². The smallest absolute Gasteiger partial charge is 0.195 e. The van der Waals surface area contributed by atoms with Crippen LogP contribution in [0.4, 0.5) is 5.69 Å². The standard InChI is InChI=1S/C13H17BrClN3/c1-13(2,3)8-4-5-9(15)11(10(8)14)18-7-6-17-12(18)16/h4-5H,6-7H2,1-3H3,(H2,16,17). The Morgan fingerprint density at radius 1 is 1.39 bits per heavy atom. The molecule has 1 fully saturated rings. The summed E-state index contributed by atoms with van der Waals surface area (Å²) in [7, 11) is 0. The van der Waals surface area contributed by atoms with E-state index >= 15 is 0 Å². The summed E-state index contributed by atoms with van der Waals surface area (Å²) in [5.74, 6) is 0.406. The van der Waals surface area contributed by atoms with Crippen molar-refractivity contribution < 1.29 is 0 Å². The van der Waals surface area contributed by atoms with Gasteiger partial charge < -0.3 is 10.2 Å². The maximum Gasteiger partial charge on any atom is 0.195 e. The number of anilines is 1. The molecule has 0 unspecified atom stereocenters. The molecule has 0 bridgehead atoms. The molecule has 1 aromatic carbocycles. The summed E-state index contributed by atoms with van der Waals surface area (Å²) in [6, 6.07) is 3.96. The molecule has 1 aliphatic rings. The van der Waals surface area contributed by atoms with E-state index in [1.165, 1.54) is 5.56 Å². The third kappa shape index (κ3) is 2.36.